The van der Waals surface area contributed by atoms with Crippen LogP contribution in [0, 0.1) is 5.92 Å². The first-order valence-corrected chi connectivity index (χ1v) is 8.39. The first-order chi connectivity index (χ1) is 11.3. The van der Waals surface area contributed by atoms with Gasteiger partial charge in [0, 0.05) is 31.0 Å². The van der Waals surface area contributed by atoms with E-state index in [0.717, 1.165) is 0 Å². The third-order valence-corrected chi connectivity index (χ3v) is 4.11. The molecular formula is C18H29N3O3. The Hall–Kier alpha value is -2.24. The van der Waals surface area contributed by atoms with E-state index in [9.17, 15) is 9.59 Å². The lowest BCUT2D eigenvalue weighted by atomic mass is 10.1. The van der Waals surface area contributed by atoms with Crippen LogP contribution >= 0.6 is 0 Å². The SMILES string of the molecule is CCOC(=O)N(C)c1ccc(NC(=O)N(CC)C(C)C(C)C)cc1. The highest BCUT2D eigenvalue weighted by Gasteiger charge is 2.21. The van der Waals surface area contributed by atoms with Gasteiger partial charge in [0.15, 0.2) is 0 Å². The van der Waals surface area contributed by atoms with Crippen LogP contribution in [0.15, 0.2) is 24.3 Å². The van der Waals surface area contributed by atoms with Gasteiger partial charge in [0.1, 0.15) is 0 Å². The van der Waals surface area contributed by atoms with E-state index in [1.54, 1.807) is 38.2 Å². The van der Waals surface area contributed by atoms with Gasteiger partial charge < -0.3 is 15.0 Å². The molecule has 1 unspecified atom stereocenters. The Balaban J connectivity index is 2.76. The van der Waals surface area contributed by atoms with Gasteiger partial charge in [-0.3, -0.25) is 4.90 Å². The minimum atomic E-state index is -0.405. The molecule has 6 heteroatoms. The van der Waals surface area contributed by atoms with Gasteiger partial charge >= 0.3 is 12.1 Å². The summed E-state index contributed by atoms with van der Waals surface area (Å²) in [6, 6.07) is 7.13. The molecule has 0 spiro atoms. The van der Waals surface area contributed by atoms with Crippen LogP contribution in [-0.4, -0.2) is 43.3 Å². The first-order valence-electron chi connectivity index (χ1n) is 8.39. The molecule has 1 aromatic rings. The summed E-state index contributed by atoms with van der Waals surface area (Å²) in [7, 11) is 1.65. The normalized spacial score (nSPS) is 11.8. The van der Waals surface area contributed by atoms with Crippen molar-refractivity contribution in [3.8, 4) is 0 Å². The molecule has 0 heterocycles. The monoisotopic (exact) mass is 335 g/mol. The van der Waals surface area contributed by atoms with Gasteiger partial charge in [-0.15, -0.1) is 0 Å². The number of urea groups is 1. The average Bonchev–Trinajstić information content (AvgIpc) is 2.55. The Labute approximate surface area is 144 Å². The Morgan fingerprint density at radius 2 is 1.71 bits per heavy atom. The van der Waals surface area contributed by atoms with Gasteiger partial charge in [-0.25, -0.2) is 9.59 Å². The molecule has 134 valence electrons. The van der Waals surface area contributed by atoms with Crippen molar-refractivity contribution >= 4 is 23.5 Å². The van der Waals surface area contributed by atoms with Crippen molar-refractivity contribution in [2.75, 3.05) is 30.4 Å². The van der Waals surface area contributed by atoms with Crippen LogP contribution in [0.5, 0.6) is 0 Å². The van der Waals surface area contributed by atoms with E-state index in [2.05, 4.69) is 19.2 Å². The lowest BCUT2D eigenvalue weighted by Gasteiger charge is -2.31. The predicted molar refractivity (Wildman–Crippen MR) is 97.6 cm³/mol. The second kappa shape index (κ2) is 9.15. The molecule has 0 saturated heterocycles. The third-order valence-electron chi connectivity index (χ3n) is 4.11. The second-order valence-electron chi connectivity index (χ2n) is 6.01. The fourth-order valence-electron chi connectivity index (χ4n) is 2.27. The van der Waals surface area contributed by atoms with Crippen LogP contribution in [0.1, 0.15) is 34.6 Å². The van der Waals surface area contributed by atoms with E-state index in [0.29, 0.717) is 30.4 Å². The predicted octanol–water partition coefficient (Wildman–Crippen LogP) is 4.18. The molecular weight excluding hydrogens is 306 g/mol. The molecule has 1 atom stereocenters. The van der Waals surface area contributed by atoms with E-state index in [1.807, 2.05) is 18.7 Å². The van der Waals surface area contributed by atoms with Crippen LogP contribution in [0.25, 0.3) is 0 Å². The highest BCUT2D eigenvalue weighted by molar-refractivity contribution is 5.91. The molecule has 0 radical (unpaired) electrons. The number of carbonyl (C=O) groups excluding carboxylic acids is 2. The Bertz CT molecular complexity index is 543. The van der Waals surface area contributed by atoms with Gasteiger partial charge in [0.25, 0.3) is 0 Å². The summed E-state index contributed by atoms with van der Waals surface area (Å²) in [5.41, 5.74) is 1.39. The van der Waals surface area contributed by atoms with Crippen molar-refractivity contribution in [3.05, 3.63) is 24.3 Å². The summed E-state index contributed by atoms with van der Waals surface area (Å²) < 4.78 is 4.96. The second-order valence-corrected chi connectivity index (χ2v) is 6.01. The number of nitrogens with one attached hydrogen (secondary N) is 1. The number of amides is 3. The maximum Gasteiger partial charge on any atom is 0.413 e. The van der Waals surface area contributed by atoms with Crippen LogP contribution in [0.2, 0.25) is 0 Å². The molecule has 0 aromatic heterocycles. The third kappa shape index (κ3) is 5.15. The minimum Gasteiger partial charge on any atom is -0.449 e. The molecule has 0 aliphatic heterocycles. The number of benzene rings is 1. The standard InChI is InChI=1S/C18H29N3O3/c1-7-21(14(5)13(3)4)17(22)19-15-9-11-16(12-10-15)20(6)18(23)24-8-2/h9-14H,7-8H2,1-6H3,(H,19,22). The minimum absolute atomic E-state index is 0.120. The summed E-state index contributed by atoms with van der Waals surface area (Å²) in [6.45, 7) is 11.0. The van der Waals surface area contributed by atoms with E-state index < -0.39 is 6.09 Å². The fraction of sp³-hybridized carbons (Fsp3) is 0.556. The zero-order valence-electron chi connectivity index (χ0n) is 15.5. The zero-order valence-corrected chi connectivity index (χ0v) is 15.5. The number of carbonyl (C=O) groups is 2. The summed E-state index contributed by atoms with van der Waals surface area (Å²) >= 11 is 0. The molecule has 1 N–H and O–H groups in total. The van der Waals surface area contributed by atoms with Crippen LogP contribution < -0.4 is 10.2 Å². The molecule has 0 aliphatic carbocycles. The van der Waals surface area contributed by atoms with Crippen molar-refractivity contribution in [2.24, 2.45) is 5.92 Å². The summed E-state index contributed by atoms with van der Waals surface area (Å²) in [4.78, 5) is 27.4. The highest BCUT2D eigenvalue weighted by atomic mass is 16.6. The molecule has 24 heavy (non-hydrogen) atoms. The lowest BCUT2D eigenvalue weighted by Crippen LogP contribution is -2.43. The molecule has 0 saturated carbocycles. The van der Waals surface area contributed by atoms with Crippen molar-refractivity contribution in [1.82, 2.24) is 4.90 Å². The molecule has 6 nitrogen and oxygen atoms in total. The van der Waals surface area contributed by atoms with Crippen LogP contribution in [-0.2, 0) is 4.74 Å². The number of nitrogens with zero attached hydrogens (tertiary/aromatic N) is 2. The number of ether oxygens (including phenoxy) is 1. The Morgan fingerprint density at radius 3 is 2.17 bits per heavy atom. The first kappa shape index (κ1) is 19.8. The smallest absolute Gasteiger partial charge is 0.413 e. The van der Waals surface area contributed by atoms with Gasteiger partial charge in [-0.1, -0.05) is 13.8 Å². The highest BCUT2D eigenvalue weighted by Crippen LogP contribution is 2.19. The number of hydrogen-bond acceptors (Lipinski definition) is 3. The Kier molecular flexibility index (Phi) is 7.55. The van der Waals surface area contributed by atoms with Crippen molar-refractivity contribution < 1.29 is 14.3 Å². The van der Waals surface area contributed by atoms with Gasteiger partial charge in [0.05, 0.1) is 6.61 Å². The summed E-state index contributed by atoms with van der Waals surface area (Å²) in [5.74, 6) is 0.385. The van der Waals surface area contributed by atoms with Crippen LogP contribution in [0.4, 0.5) is 21.0 Å². The van der Waals surface area contributed by atoms with E-state index in [1.165, 1.54) is 4.90 Å². The maximum absolute atomic E-state index is 12.4. The molecule has 3 amide bonds. The summed E-state index contributed by atoms with van der Waals surface area (Å²) in [5, 5.41) is 2.90. The van der Waals surface area contributed by atoms with Crippen LogP contribution in [0.3, 0.4) is 0 Å². The molecule has 0 aliphatic rings. The number of hydrogen-bond donors (Lipinski definition) is 1. The van der Waals surface area contributed by atoms with Gasteiger partial charge in [0.2, 0.25) is 0 Å². The molecule has 0 bridgehead atoms. The largest absolute Gasteiger partial charge is 0.449 e. The summed E-state index contributed by atoms with van der Waals surface area (Å²) in [6.07, 6.45) is -0.405. The maximum atomic E-state index is 12.4. The zero-order chi connectivity index (χ0) is 18.3. The lowest BCUT2D eigenvalue weighted by molar-refractivity contribution is 0.161. The Morgan fingerprint density at radius 1 is 1.12 bits per heavy atom. The van der Waals surface area contributed by atoms with Gasteiger partial charge in [-0.05, 0) is 51.0 Å². The van der Waals surface area contributed by atoms with Gasteiger partial charge in [-0.2, -0.15) is 0 Å². The molecule has 1 rings (SSSR count). The van der Waals surface area contributed by atoms with Crippen molar-refractivity contribution in [3.63, 3.8) is 0 Å². The van der Waals surface area contributed by atoms with E-state index in [4.69, 9.17) is 4.74 Å². The molecule has 0 fully saturated rings. The number of anilines is 2. The molecule has 1 aromatic carbocycles. The average molecular weight is 335 g/mol. The van der Waals surface area contributed by atoms with Crippen molar-refractivity contribution in [1.29, 1.82) is 0 Å². The van der Waals surface area contributed by atoms with Crippen molar-refractivity contribution in [2.45, 2.75) is 40.7 Å². The van der Waals surface area contributed by atoms with E-state index >= 15 is 0 Å². The quantitative estimate of drug-likeness (QED) is 0.848. The number of rotatable bonds is 6. The fourth-order valence-corrected chi connectivity index (χ4v) is 2.27. The topological polar surface area (TPSA) is 61.9 Å². The van der Waals surface area contributed by atoms with E-state index in [-0.39, 0.29) is 12.1 Å².